The van der Waals surface area contributed by atoms with Gasteiger partial charge in [0.2, 0.25) is 5.91 Å². The van der Waals surface area contributed by atoms with Crippen molar-refractivity contribution in [3.8, 4) is 0 Å². The first-order chi connectivity index (χ1) is 8.56. The fraction of sp³-hybridized carbons (Fsp3) is 0.538. The monoisotopic (exact) mass is 267 g/mol. The topological polar surface area (TPSA) is 57.6 Å². The second-order valence-corrected chi connectivity index (χ2v) is 6.04. The number of rotatable bonds is 4. The molecule has 2 rings (SSSR count). The maximum atomic E-state index is 12.2. The molecule has 18 heavy (non-hydrogen) atoms. The molecule has 1 aromatic heterocycles. The van der Waals surface area contributed by atoms with Crippen molar-refractivity contribution in [3.63, 3.8) is 0 Å². The molecule has 1 atom stereocenters. The molecule has 1 N–H and O–H groups in total. The minimum atomic E-state index is -0.827. The highest BCUT2D eigenvalue weighted by Crippen LogP contribution is 2.23. The number of thiophene rings is 1. The minimum Gasteiger partial charge on any atom is -0.481 e. The van der Waals surface area contributed by atoms with Gasteiger partial charge in [-0.3, -0.25) is 9.59 Å². The highest BCUT2D eigenvalue weighted by atomic mass is 32.1. The van der Waals surface area contributed by atoms with Gasteiger partial charge in [-0.05, 0) is 31.9 Å². The third-order valence-corrected chi connectivity index (χ3v) is 4.23. The number of aryl methyl sites for hydroxylation is 1. The quantitative estimate of drug-likeness (QED) is 0.908. The zero-order valence-corrected chi connectivity index (χ0v) is 11.2. The molecule has 0 saturated carbocycles. The van der Waals surface area contributed by atoms with Crippen molar-refractivity contribution in [1.82, 2.24) is 4.90 Å². The van der Waals surface area contributed by atoms with Gasteiger partial charge in [0, 0.05) is 22.3 Å². The van der Waals surface area contributed by atoms with Gasteiger partial charge in [0.1, 0.15) is 0 Å². The molecule has 2 heterocycles. The van der Waals surface area contributed by atoms with E-state index in [9.17, 15) is 9.59 Å². The molecule has 0 spiro atoms. The summed E-state index contributed by atoms with van der Waals surface area (Å²) in [5, 5.41) is 8.83. The molecule has 0 bridgehead atoms. The summed E-state index contributed by atoms with van der Waals surface area (Å²) in [6.45, 7) is 2.71. The average Bonchev–Trinajstić information content (AvgIpc) is 2.87. The van der Waals surface area contributed by atoms with Crippen molar-refractivity contribution in [3.05, 3.63) is 21.9 Å². The average molecular weight is 267 g/mol. The Morgan fingerprint density at radius 1 is 1.50 bits per heavy atom. The lowest BCUT2D eigenvalue weighted by molar-refractivity contribution is -0.139. The number of likely N-dealkylation sites (tertiary alicyclic amines) is 1. The summed E-state index contributed by atoms with van der Waals surface area (Å²) in [6, 6.07) is 3.86. The Morgan fingerprint density at radius 3 is 2.89 bits per heavy atom. The lowest BCUT2D eigenvalue weighted by Gasteiger charge is -2.23. The molecule has 4 nitrogen and oxygen atoms in total. The highest BCUT2D eigenvalue weighted by molar-refractivity contribution is 7.12. The number of carboxylic acids is 1. The Labute approximate surface area is 110 Å². The molecular formula is C13H17NO3S. The minimum absolute atomic E-state index is 0.0561. The summed E-state index contributed by atoms with van der Waals surface area (Å²) in [4.78, 5) is 26.9. The number of carboxylic acid groups (broad SMARTS) is 1. The van der Waals surface area contributed by atoms with Crippen LogP contribution >= 0.6 is 11.3 Å². The van der Waals surface area contributed by atoms with Gasteiger partial charge in [0.15, 0.2) is 0 Å². The third-order valence-electron chi connectivity index (χ3n) is 3.23. The summed E-state index contributed by atoms with van der Waals surface area (Å²) in [7, 11) is 0. The number of amides is 1. The fourth-order valence-corrected chi connectivity index (χ4v) is 3.29. The van der Waals surface area contributed by atoms with Crippen LogP contribution in [-0.4, -0.2) is 34.5 Å². The number of hydrogen-bond donors (Lipinski definition) is 1. The highest BCUT2D eigenvalue weighted by Gasteiger charge is 2.30. The lowest BCUT2D eigenvalue weighted by atomic mass is 10.1. The number of nitrogens with zero attached hydrogens (tertiary/aromatic N) is 1. The van der Waals surface area contributed by atoms with Crippen molar-refractivity contribution < 1.29 is 14.7 Å². The van der Waals surface area contributed by atoms with Gasteiger partial charge in [0.05, 0.1) is 12.8 Å². The van der Waals surface area contributed by atoms with Gasteiger partial charge < -0.3 is 10.0 Å². The summed E-state index contributed by atoms with van der Waals surface area (Å²) < 4.78 is 0. The Hall–Kier alpha value is -1.36. The molecular weight excluding hydrogens is 250 g/mol. The van der Waals surface area contributed by atoms with E-state index < -0.39 is 5.97 Å². The van der Waals surface area contributed by atoms with E-state index in [0.29, 0.717) is 13.0 Å². The van der Waals surface area contributed by atoms with E-state index in [4.69, 9.17) is 5.11 Å². The second-order valence-electron chi connectivity index (χ2n) is 4.67. The van der Waals surface area contributed by atoms with Gasteiger partial charge >= 0.3 is 5.97 Å². The molecule has 1 amide bonds. The van der Waals surface area contributed by atoms with Crippen LogP contribution < -0.4 is 0 Å². The molecule has 5 heteroatoms. The maximum absolute atomic E-state index is 12.2. The van der Waals surface area contributed by atoms with Crippen molar-refractivity contribution in [1.29, 1.82) is 0 Å². The largest absolute Gasteiger partial charge is 0.481 e. The SMILES string of the molecule is Cc1ccc(CC(=O)N2CCCC2CC(=O)O)s1. The predicted molar refractivity (Wildman–Crippen MR) is 69.7 cm³/mol. The van der Waals surface area contributed by atoms with Crippen molar-refractivity contribution in [2.45, 2.75) is 38.6 Å². The number of carbonyl (C=O) groups excluding carboxylic acids is 1. The van der Waals surface area contributed by atoms with E-state index in [-0.39, 0.29) is 18.4 Å². The van der Waals surface area contributed by atoms with E-state index in [1.807, 2.05) is 19.1 Å². The smallest absolute Gasteiger partial charge is 0.305 e. The zero-order valence-electron chi connectivity index (χ0n) is 10.4. The first kappa shape index (κ1) is 13.1. The van der Waals surface area contributed by atoms with Crippen LogP contribution in [0.1, 0.15) is 29.0 Å². The summed E-state index contributed by atoms with van der Waals surface area (Å²) in [5.74, 6) is -0.771. The third kappa shape index (κ3) is 3.10. The van der Waals surface area contributed by atoms with E-state index in [1.165, 1.54) is 4.88 Å². The molecule has 1 aliphatic rings. The standard InChI is InChI=1S/C13H17NO3S/c1-9-4-5-11(18-9)8-12(15)14-6-2-3-10(14)7-13(16)17/h4-5,10H,2-3,6-8H2,1H3,(H,16,17). The van der Waals surface area contributed by atoms with Crippen LogP contribution in [0.3, 0.4) is 0 Å². The van der Waals surface area contributed by atoms with Crippen molar-refractivity contribution in [2.24, 2.45) is 0 Å². The van der Waals surface area contributed by atoms with Gasteiger partial charge in [-0.1, -0.05) is 0 Å². The van der Waals surface area contributed by atoms with Gasteiger partial charge in [-0.25, -0.2) is 0 Å². The van der Waals surface area contributed by atoms with Gasteiger partial charge in [-0.2, -0.15) is 0 Å². The van der Waals surface area contributed by atoms with E-state index in [0.717, 1.165) is 17.7 Å². The van der Waals surface area contributed by atoms with Crippen LogP contribution in [0, 0.1) is 6.92 Å². The Kier molecular flexibility index (Phi) is 4.01. The molecule has 0 aromatic carbocycles. The van der Waals surface area contributed by atoms with Crippen LogP contribution in [0.5, 0.6) is 0 Å². The molecule has 1 aliphatic heterocycles. The van der Waals surface area contributed by atoms with Crippen LogP contribution in [0.25, 0.3) is 0 Å². The first-order valence-electron chi connectivity index (χ1n) is 6.13. The van der Waals surface area contributed by atoms with E-state index >= 15 is 0 Å². The van der Waals surface area contributed by atoms with Gasteiger partial charge in [0.25, 0.3) is 0 Å². The maximum Gasteiger partial charge on any atom is 0.305 e. The molecule has 0 radical (unpaired) electrons. The van der Waals surface area contributed by atoms with Crippen LogP contribution in [-0.2, 0) is 16.0 Å². The normalized spacial score (nSPS) is 19.2. The Bertz CT molecular complexity index is 455. The molecule has 0 aliphatic carbocycles. The van der Waals surface area contributed by atoms with Crippen LogP contribution in [0.4, 0.5) is 0 Å². The Balaban J connectivity index is 1.97. The Morgan fingerprint density at radius 2 is 2.28 bits per heavy atom. The molecule has 1 saturated heterocycles. The number of carbonyl (C=O) groups is 2. The van der Waals surface area contributed by atoms with Crippen LogP contribution in [0.15, 0.2) is 12.1 Å². The second kappa shape index (κ2) is 5.52. The first-order valence-corrected chi connectivity index (χ1v) is 6.94. The summed E-state index contributed by atoms with van der Waals surface area (Å²) in [6.07, 6.45) is 2.18. The zero-order chi connectivity index (χ0) is 13.1. The number of hydrogen-bond acceptors (Lipinski definition) is 3. The van der Waals surface area contributed by atoms with Crippen molar-refractivity contribution >= 4 is 23.2 Å². The molecule has 1 fully saturated rings. The van der Waals surface area contributed by atoms with Gasteiger partial charge in [-0.15, -0.1) is 11.3 Å². The van der Waals surface area contributed by atoms with Crippen LogP contribution in [0.2, 0.25) is 0 Å². The summed E-state index contributed by atoms with van der Waals surface area (Å²) >= 11 is 1.63. The molecule has 1 aromatic rings. The molecule has 98 valence electrons. The van der Waals surface area contributed by atoms with Crippen molar-refractivity contribution in [2.75, 3.05) is 6.54 Å². The number of aliphatic carboxylic acids is 1. The summed E-state index contributed by atoms with van der Waals surface area (Å²) in [5.41, 5.74) is 0. The lowest BCUT2D eigenvalue weighted by Crippen LogP contribution is -2.37. The predicted octanol–water partition coefficient (Wildman–Crippen LogP) is 2.06. The fourth-order valence-electron chi connectivity index (χ4n) is 2.41. The van der Waals surface area contributed by atoms with E-state index in [2.05, 4.69) is 0 Å². The molecule has 1 unspecified atom stereocenters. The van der Waals surface area contributed by atoms with E-state index in [1.54, 1.807) is 16.2 Å².